The van der Waals surface area contributed by atoms with Gasteiger partial charge in [0.15, 0.2) is 5.82 Å². The van der Waals surface area contributed by atoms with Crippen molar-refractivity contribution in [2.45, 2.75) is 19.8 Å². The molecule has 2 rings (SSSR count). The van der Waals surface area contributed by atoms with Crippen LogP contribution in [0, 0.1) is 0 Å². The van der Waals surface area contributed by atoms with Crippen LogP contribution in [0.5, 0.6) is 5.75 Å². The highest BCUT2D eigenvalue weighted by Crippen LogP contribution is 2.30. The van der Waals surface area contributed by atoms with E-state index in [0.29, 0.717) is 15.8 Å². The van der Waals surface area contributed by atoms with Crippen molar-refractivity contribution in [1.29, 1.82) is 0 Å². The molecule has 1 N–H and O–H groups in total. The molecule has 19 heavy (non-hydrogen) atoms. The molecular weight excluding hydrogens is 322 g/mol. The van der Waals surface area contributed by atoms with Gasteiger partial charge in [0.05, 0.1) is 11.1 Å². The molecule has 0 spiro atoms. The number of rotatable bonds is 5. The van der Waals surface area contributed by atoms with Gasteiger partial charge in [0, 0.05) is 18.0 Å². The van der Waals surface area contributed by atoms with Crippen LogP contribution in [0.25, 0.3) is 0 Å². The molecule has 0 aliphatic carbocycles. The summed E-state index contributed by atoms with van der Waals surface area (Å²) in [6.45, 7) is -2.96. The number of hydrogen-bond donors (Lipinski definition) is 1. The normalized spacial score (nSPS) is 11.0. The van der Waals surface area contributed by atoms with E-state index in [1.165, 1.54) is 12.4 Å². The van der Waals surface area contributed by atoms with E-state index in [2.05, 4.69) is 20.9 Å². The van der Waals surface area contributed by atoms with E-state index in [1.54, 1.807) is 18.2 Å². The van der Waals surface area contributed by atoms with E-state index in [1.807, 2.05) is 0 Å². The molecular formula is C12H11BrF2N2O2. The van der Waals surface area contributed by atoms with Crippen LogP contribution in [0.15, 0.2) is 35.1 Å². The Balaban J connectivity index is 2.17. The van der Waals surface area contributed by atoms with Gasteiger partial charge in [-0.05, 0) is 22.0 Å². The van der Waals surface area contributed by atoms with E-state index in [0.717, 1.165) is 4.57 Å². The number of aliphatic hydroxyl groups excluding tert-OH is 1. The second kappa shape index (κ2) is 6.12. The molecule has 7 heteroatoms. The minimum absolute atomic E-state index is 0.104. The minimum Gasteiger partial charge on any atom is -0.484 e. The quantitative estimate of drug-likeness (QED) is 0.915. The van der Waals surface area contributed by atoms with Crippen molar-refractivity contribution in [3.05, 3.63) is 46.5 Å². The van der Waals surface area contributed by atoms with Gasteiger partial charge in [-0.2, -0.15) is 8.78 Å². The molecule has 0 fully saturated rings. The van der Waals surface area contributed by atoms with Crippen molar-refractivity contribution < 1.29 is 18.6 Å². The third kappa shape index (κ3) is 3.10. The van der Waals surface area contributed by atoms with Crippen LogP contribution in [-0.4, -0.2) is 14.7 Å². The van der Waals surface area contributed by atoms with Gasteiger partial charge in [0.2, 0.25) is 0 Å². The number of aliphatic hydroxyl groups is 1. The average Bonchev–Trinajstić information content (AvgIpc) is 2.85. The molecule has 0 atom stereocenters. The number of para-hydroxylation sites is 1. The number of nitrogens with zero attached hydrogens (tertiary/aromatic N) is 2. The lowest BCUT2D eigenvalue weighted by Gasteiger charge is -2.12. The third-order valence-corrected chi connectivity index (χ3v) is 3.15. The Bertz CT molecular complexity index is 560. The summed E-state index contributed by atoms with van der Waals surface area (Å²) in [5, 5.41) is 9.20. The highest BCUT2D eigenvalue weighted by molar-refractivity contribution is 9.10. The van der Waals surface area contributed by atoms with Crippen molar-refractivity contribution in [1.82, 2.24) is 9.55 Å². The lowest BCUT2D eigenvalue weighted by atomic mass is 10.2. The van der Waals surface area contributed by atoms with Gasteiger partial charge in [-0.1, -0.05) is 12.1 Å². The minimum atomic E-state index is -2.65. The van der Waals surface area contributed by atoms with Crippen molar-refractivity contribution in [2.24, 2.45) is 0 Å². The van der Waals surface area contributed by atoms with E-state index in [4.69, 9.17) is 4.74 Å². The van der Waals surface area contributed by atoms with Crippen molar-refractivity contribution in [2.75, 3.05) is 0 Å². The Hall–Kier alpha value is -1.47. The molecule has 0 amide bonds. The second-order valence-corrected chi connectivity index (χ2v) is 4.56. The first-order valence-corrected chi connectivity index (χ1v) is 6.23. The molecule has 0 saturated carbocycles. The summed E-state index contributed by atoms with van der Waals surface area (Å²) in [6.07, 6.45) is 2.48. The number of ether oxygens (including phenoxy) is 1. The Morgan fingerprint density at radius 3 is 2.89 bits per heavy atom. The standard InChI is InChI=1S/C12H11BrF2N2O2/c13-9-3-1-2-8(6-18)11(9)19-7-10-16-4-5-17(10)12(14)15/h1-5,12,18H,6-7H2. The largest absolute Gasteiger partial charge is 0.484 e. The topological polar surface area (TPSA) is 47.3 Å². The Morgan fingerprint density at radius 2 is 2.21 bits per heavy atom. The number of aromatic nitrogens is 2. The number of benzene rings is 1. The van der Waals surface area contributed by atoms with Gasteiger partial charge in [0.25, 0.3) is 0 Å². The molecule has 0 aliphatic rings. The summed E-state index contributed by atoms with van der Waals surface area (Å²) in [5.74, 6) is 0.545. The van der Waals surface area contributed by atoms with Crippen LogP contribution in [0.3, 0.4) is 0 Å². The zero-order valence-corrected chi connectivity index (χ0v) is 11.3. The fraction of sp³-hybridized carbons (Fsp3) is 0.250. The van der Waals surface area contributed by atoms with Crippen LogP contribution in [0.4, 0.5) is 8.78 Å². The molecule has 2 aromatic rings. The Kier molecular flexibility index (Phi) is 4.49. The highest BCUT2D eigenvalue weighted by atomic mass is 79.9. The molecule has 102 valence electrons. The lowest BCUT2D eigenvalue weighted by Crippen LogP contribution is -2.08. The van der Waals surface area contributed by atoms with Crippen LogP contribution in [0.2, 0.25) is 0 Å². The smallest absolute Gasteiger partial charge is 0.320 e. The van der Waals surface area contributed by atoms with Crippen LogP contribution >= 0.6 is 15.9 Å². The summed E-state index contributed by atoms with van der Waals surface area (Å²) < 4.78 is 32.1. The molecule has 0 radical (unpaired) electrons. The van der Waals surface area contributed by atoms with Gasteiger partial charge in [-0.25, -0.2) is 4.98 Å². The Morgan fingerprint density at radius 1 is 1.42 bits per heavy atom. The lowest BCUT2D eigenvalue weighted by molar-refractivity contribution is 0.0631. The number of halogens is 3. The summed E-state index contributed by atoms with van der Waals surface area (Å²) in [4.78, 5) is 3.82. The Labute approximate surface area is 116 Å². The molecule has 4 nitrogen and oxygen atoms in total. The number of alkyl halides is 2. The number of hydrogen-bond acceptors (Lipinski definition) is 3. The second-order valence-electron chi connectivity index (χ2n) is 3.70. The van der Waals surface area contributed by atoms with E-state index >= 15 is 0 Å². The fourth-order valence-electron chi connectivity index (χ4n) is 1.61. The molecule has 0 aliphatic heterocycles. The van der Waals surface area contributed by atoms with Crippen molar-refractivity contribution in [3.8, 4) is 5.75 Å². The number of imidazole rings is 1. The van der Waals surface area contributed by atoms with Gasteiger partial charge >= 0.3 is 6.55 Å². The fourth-order valence-corrected chi connectivity index (χ4v) is 2.13. The molecule has 0 saturated heterocycles. The summed E-state index contributed by atoms with van der Waals surface area (Å²) in [5.41, 5.74) is 0.574. The van der Waals surface area contributed by atoms with Gasteiger partial charge in [-0.3, -0.25) is 4.57 Å². The zero-order chi connectivity index (χ0) is 13.8. The van der Waals surface area contributed by atoms with Crippen LogP contribution in [-0.2, 0) is 13.2 Å². The van der Waals surface area contributed by atoms with Crippen LogP contribution < -0.4 is 4.74 Å². The maximum atomic E-state index is 12.6. The maximum Gasteiger partial charge on any atom is 0.320 e. The third-order valence-electron chi connectivity index (χ3n) is 2.52. The van der Waals surface area contributed by atoms with Crippen molar-refractivity contribution in [3.63, 3.8) is 0 Å². The summed E-state index contributed by atoms with van der Waals surface area (Å²) in [7, 11) is 0. The van der Waals surface area contributed by atoms with Gasteiger partial charge < -0.3 is 9.84 Å². The monoisotopic (exact) mass is 332 g/mol. The van der Waals surface area contributed by atoms with Crippen molar-refractivity contribution >= 4 is 15.9 Å². The van der Waals surface area contributed by atoms with E-state index in [9.17, 15) is 13.9 Å². The molecule has 1 aromatic heterocycles. The molecule has 1 heterocycles. The molecule has 1 aromatic carbocycles. The molecule has 0 bridgehead atoms. The maximum absolute atomic E-state index is 12.6. The zero-order valence-electron chi connectivity index (χ0n) is 9.76. The molecule has 0 unspecified atom stereocenters. The SMILES string of the molecule is OCc1cccc(Br)c1OCc1nccn1C(F)F. The first kappa shape index (κ1) is 14.0. The van der Waals surface area contributed by atoms with Gasteiger partial charge in [-0.15, -0.1) is 0 Å². The first-order chi connectivity index (χ1) is 9.13. The van der Waals surface area contributed by atoms with E-state index in [-0.39, 0.29) is 19.0 Å². The predicted molar refractivity (Wildman–Crippen MR) is 67.9 cm³/mol. The first-order valence-electron chi connectivity index (χ1n) is 5.44. The highest BCUT2D eigenvalue weighted by Gasteiger charge is 2.13. The van der Waals surface area contributed by atoms with Gasteiger partial charge in [0.1, 0.15) is 12.4 Å². The predicted octanol–water partition coefficient (Wildman–Crippen LogP) is 3.11. The van der Waals surface area contributed by atoms with Crippen LogP contribution in [0.1, 0.15) is 17.9 Å². The summed E-state index contributed by atoms with van der Waals surface area (Å²) >= 11 is 3.29. The summed E-state index contributed by atoms with van der Waals surface area (Å²) in [6, 6.07) is 5.19. The average molecular weight is 333 g/mol. The van der Waals surface area contributed by atoms with E-state index < -0.39 is 6.55 Å².